The molecule has 2 aromatic heterocycles. The van der Waals surface area contributed by atoms with Crippen molar-refractivity contribution in [3.05, 3.63) is 40.6 Å². The molecule has 2 heterocycles. The van der Waals surface area contributed by atoms with Crippen molar-refractivity contribution in [3.63, 3.8) is 0 Å². The average molecular weight is 233 g/mol. The van der Waals surface area contributed by atoms with Crippen molar-refractivity contribution in [2.45, 2.75) is 33.9 Å². The molecule has 0 aromatic carbocycles. The minimum Gasteiger partial charge on any atom is -0.468 e. The summed E-state index contributed by atoms with van der Waals surface area (Å²) < 4.78 is 7.31. The van der Waals surface area contributed by atoms with Gasteiger partial charge in [-0.25, -0.2) is 0 Å². The summed E-state index contributed by atoms with van der Waals surface area (Å²) in [5.41, 5.74) is 4.77. The lowest BCUT2D eigenvalue weighted by molar-refractivity contribution is 0.479. The zero-order valence-corrected chi connectivity index (χ0v) is 10.9. The minimum absolute atomic E-state index is 0.757. The summed E-state index contributed by atoms with van der Waals surface area (Å²) in [6.07, 6.45) is 1.73. The van der Waals surface area contributed by atoms with Gasteiger partial charge in [-0.15, -0.1) is 0 Å². The smallest absolute Gasteiger partial charge is 0.120 e. The van der Waals surface area contributed by atoms with Gasteiger partial charge in [0.15, 0.2) is 0 Å². The molecule has 2 rings (SSSR count). The molecular formula is C13H19N3O. The monoisotopic (exact) mass is 233 g/mol. The highest BCUT2D eigenvalue weighted by Crippen LogP contribution is 2.12. The van der Waals surface area contributed by atoms with Gasteiger partial charge < -0.3 is 9.73 Å². The van der Waals surface area contributed by atoms with Gasteiger partial charge in [-0.3, -0.25) is 4.68 Å². The lowest BCUT2D eigenvalue weighted by Gasteiger charge is -2.04. The number of nitrogens with one attached hydrogen (secondary N) is 1. The van der Waals surface area contributed by atoms with E-state index in [9.17, 15) is 0 Å². The molecule has 92 valence electrons. The molecule has 17 heavy (non-hydrogen) atoms. The van der Waals surface area contributed by atoms with Crippen LogP contribution >= 0.6 is 0 Å². The number of aromatic nitrogens is 2. The van der Waals surface area contributed by atoms with Crippen molar-refractivity contribution >= 4 is 0 Å². The normalized spacial score (nSPS) is 11.1. The Morgan fingerprint density at radius 1 is 1.29 bits per heavy atom. The fraction of sp³-hybridized carbons (Fsp3) is 0.462. The van der Waals surface area contributed by atoms with Gasteiger partial charge in [-0.05, 0) is 32.4 Å². The molecule has 0 aliphatic heterocycles. The van der Waals surface area contributed by atoms with Gasteiger partial charge >= 0.3 is 0 Å². The van der Waals surface area contributed by atoms with E-state index in [0.717, 1.165) is 24.5 Å². The Morgan fingerprint density at radius 2 is 2.06 bits per heavy atom. The third-order valence-corrected chi connectivity index (χ3v) is 3.21. The molecule has 0 saturated heterocycles. The number of rotatable bonds is 4. The molecule has 0 atom stereocenters. The van der Waals surface area contributed by atoms with Gasteiger partial charge in [-0.1, -0.05) is 0 Å². The maximum absolute atomic E-state index is 5.38. The molecule has 0 spiro atoms. The zero-order chi connectivity index (χ0) is 12.4. The van der Waals surface area contributed by atoms with E-state index in [1.165, 1.54) is 16.8 Å². The number of furan rings is 1. The van der Waals surface area contributed by atoms with E-state index in [1.807, 2.05) is 24.7 Å². The molecule has 0 aliphatic rings. The highest BCUT2D eigenvalue weighted by atomic mass is 16.3. The van der Waals surface area contributed by atoms with Crippen LogP contribution in [0, 0.1) is 20.8 Å². The molecular weight excluding hydrogens is 214 g/mol. The summed E-state index contributed by atoms with van der Waals surface area (Å²) in [6.45, 7) is 7.77. The van der Waals surface area contributed by atoms with Crippen molar-refractivity contribution < 1.29 is 4.42 Å². The van der Waals surface area contributed by atoms with Crippen molar-refractivity contribution in [2.24, 2.45) is 7.05 Å². The lowest BCUT2D eigenvalue weighted by atomic mass is 10.2. The van der Waals surface area contributed by atoms with E-state index in [2.05, 4.69) is 24.3 Å². The second-order valence-electron chi connectivity index (χ2n) is 4.40. The van der Waals surface area contributed by atoms with Crippen molar-refractivity contribution in [1.82, 2.24) is 15.1 Å². The summed E-state index contributed by atoms with van der Waals surface area (Å²) in [7, 11) is 1.97. The fourth-order valence-corrected chi connectivity index (χ4v) is 1.96. The van der Waals surface area contributed by atoms with Gasteiger partial charge in [0.05, 0.1) is 18.5 Å². The Hall–Kier alpha value is -1.55. The van der Waals surface area contributed by atoms with Crippen LogP contribution in [0.5, 0.6) is 0 Å². The second kappa shape index (κ2) is 4.75. The third-order valence-electron chi connectivity index (χ3n) is 3.21. The molecule has 0 radical (unpaired) electrons. The van der Waals surface area contributed by atoms with Crippen LogP contribution in [0.2, 0.25) is 0 Å². The second-order valence-corrected chi connectivity index (χ2v) is 4.40. The summed E-state index contributed by atoms with van der Waals surface area (Å²) in [4.78, 5) is 0. The molecule has 0 amide bonds. The molecule has 0 aliphatic carbocycles. The van der Waals surface area contributed by atoms with E-state index in [0.29, 0.717) is 0 Å². The quantitative estimate of drug-likeness (QED) is 0.880. The van der Waals surface area contributed by atoms with Crippen molar-refractivity contribution in [2.75, 3.05) is 0 Å². The van der Waals surface area contributed by atoms with Crippen molar-refractivity contribution in [3.8, 4) is 0 Å². The largest absolute Gasteiger partial charge is 0.468 e. The molecule has 0 fully saturated rings. The van der Waals surface area contributed by atoms with Gasteiger partial charge in [0.1, 0.15) is 5.76 Å². The van der Waals surface area contributed by atoms with Crippen LogP contribution in [0.1, 0.15) is 28.3 Å². The lowest BCUT2D eigenvalue weighted by Crippen LogP contribution is -2.14. The topological polar surface area (TPSA) is 43.0 Å². The summed E-state index contributed by atoms with van der Waals surface area (Å²) in [5.74, 6) is 1.00. The van der Waals surface area contributed by atoms with E-state index in [4.69, 9.17) is 4.42 Å². The first-order chi connectivity index (χ1) is 8.09. The Bertz CT molecular complexity index is 511. The maximum atomic E-state index is 5.38. The fourth-order valence-electron chi connectivity index (χ4n) is 1.96. The average Bonchev–Trinajstić information content (AvgIpc) is 2.78. The van der Waals surface area contributed by atoms with Crippen molar-refractivity contribution in [1.29, 1.82) is 0 Å². The van der Waals surface area contributed by atoms with E-state index >= 15 is 0 Å². The molecule has 4 heteroatoms. The SMILES string of the molecule is Cc1ccoc1CNCc1c(C)nn(C)c1C. The van der Waals surface area contributed by atoms with E-state index in [-0.39, 0.29) is 0 Å². The molecule has 0 saturated carbocycles. The van der Waals surface area contributed by atoms with Crippen LogP contribution in [0.25, 0.3) is 0 Å². The first kappa shape index (κ1) is 11.9. The third kappa shape index (κ3) is 2.42. The van der Waals surface area contributed by atoms with Gasteiger partial charge in [0, 0.05) is 24.8 Å². The Kier molecular flexibility index (Phi) is 3.33. The number of hydrogen-bond donors (Lipinski definition) is 1. The van der Waals surface area contributed by atoms with Gasteiger partial charge in [0.25, 0.3) is 0 Å². The van der Waals surface area contributed by atoms with Crippen LogP contribution in [0.15, 0.2) is 16.7 Å². The predicted octanol–water partition coefficient (Wildman–Crippen LogP) is 2.23. The molecule has 0 bridgehead atoms. The summed E-state index contributed by atoms with van der Waals surface area (Å²) in [6, 6.07) is 1.98. The minimum atomic E-state index is 0.757. The predicted molar refractivity (Wildman–Crippen MR) is 66.7 cm³/mol. The van der Waals surface area contributed by atoms with E-state index < -0.39 is 0 Å². The van der Waals surface area contributed by atoms with Gasteiger partial charge in [-0.2, -0.15) is 5.10 Å². The first-order valence-electron chi connectivity index (χ1n) is 5.82. The molecule has 2 aromatic rings. The Morgan fingerprint density at radius 3 is 2.59 bits per heavy atom. The number of hydrogen-bond acceptors (Lipinski definition) is 3. The van der Waals surface area contributed by atoms with Crippen LogP contribution in [0.3, 0.4) is 0 Å². The Balaban J connectivity index is 1.97. The van der Waals surface area contributed by atoms with E-state index in [1.54, 1.807) is 6.26 Å². The number of aryl methyl sites for hydroxylation is 3. The summed E-state index contributed by atoms with van der Waals surface area (Å²) >= 11 is 0. The highest BCUT2D eigenvalue weighted by Gasteiger charge is 2.09. The molecule has 1 N–H and O–H groups in total. The van der Waals surface area contributed by atoms with Crippen LogP contribution in [-0.2, 0) is 20.1 Å². The molecule has 4 nitrogen and oxygen atoms in total. The summed E-state index contributed by atoms with van der Waals surface area (Å²) in [5, 5.41) is 7.79. The standard InChI is InChI=1S/C13H19N3O/c1-9-5-6-17-13(9)8-14-7-12-10(2)15-16(4)11(12)3/h5-6,14H,7-8H2,1-4H3. The van der Waals surface area contributed by atoms with Crippen LogP contribution in [-0.4, -0.2) is 9.78 Å². The molecule has 0 unspecified atom stereocenters. The zero-order valence-electron chi connectivity index (χ0n) is 10.9. The van der Waals surface area contributed by atoms with Crippen LogP contribution in [0.4, 0.5) is 0 Å². The van der Waals surface area contributed by atoms with Gasteiger partial charge in [0.2, 0.25) is 0 Å². The first-order valence-corrected chi connectivity index (χ1v) is 5.82. The number of nitrogens with zero attached hydrogens (tertiary/aromatic N) is 2. The van der Waals surface area contributed by atoms with Crippen LogP contribution < -0.4 is 5.32 Å². The Labute approximate surface area is 102 Å². The highest BCUT2D eigenvalue weighted by molar-refractivity contribution is 5.24. The maximum Gasteiger partial charge on any atom is 0.120 e.